The predicted octanol–water partition coefficient (Wildman–Crippen LogP) is 2.40. The highest BCUT2D eigenvalue weighted by molar-refractivity contribution is 6.04. The molecule has 0 saturated carbocycles. The Bertz CT molecular complexity index is 820. The molecule has 0 unspecified atom stereocenters. The number of primary amides is 1. The number of fused-ring (bicyclic) bond motifs is 1. The summed E-state index contributed by atoms with van der Waals surface area (Å²) in [6.07, 6.45) is 1.90. The van der Waals surface area contributed by atoms with Crippen molar-refractivity contribution < 1.29 is 4.79 Å². The van der Waals surface area contributed by atoms with Crippen molar-refractivity contribution in [2.45, 2.75) is 13.0 Å². The van der Waals surface area contributed by atoms with E-state index in [2.05, 4.69) is 29.5 Å². The van der Waals surface area contributed by atoms with E-state index < -0.39 is 5.91 Å². The van der Waals surface area contributed by atoms with E-state index in [0.29, 0.717) is 17.1 Å². The third kappa shape index (κ3) is 2.46. The van der Waals surface area contributed by atoms with E-state index in [-0.39, 0.29) is 0 Å². The molecule has 1 heterocycles. The summed E-state index contributed by atoms with van der Waals surface area (Å²) in [5, 5.41) is 8.60. The zero-order valence-electron chi connectivity index (χ0n) is 12.6. The second kappa shape index (κ2) is 5.61. The van der Waals surface area contributed by atoms with Gasteiger partial charge in [-0.1, -0.05) is 24.3 Å². The Morgan fingerprint density at radius 3 is 2.59 bits per heavy atom. The van der Waals surface area contributed by atoms with Crippen LogP contribution < -0.4 is 11.1 Å². The largest absolute Gasteiger partial charge is 0.366 e. The van der Waals surface area contributed by atoms with Crippen molar-refractivity contribution >= 4 is 16.8 Å². The van der Waals surface area contributed by atoms with Gasteiger partial charge < -0.3 is 11.1 Å². The number of amides is 1. The first-order chi connectivity index (χ1) is 10.6. The highest BCUT2D eigenvalue weighted by atomic mass is 16.1. The highest BCUT2D eigenvalue weighted by Crippen LogP contribution is 2.20. The Balaban J connectivity index is 2.03. The predicted molar refractivity (Wildman–Crippen MR) is 87.1 cm³/mol. The van der Waals surface area contributed by atoms with Gasteiger partial charge in [-0.05, 0) is 37.7 Å². The number of rotatable bonds is 4. The first kappa shape index (κ1) is 14.3. The maximum atomic E-state index is 11.5. The minimum absolute atomic E-state index is 0.298. The van der Waals surface area contributed by atoms with Gasteiger partial charge in [0.1, 0.15) is 5.52 Å². The second-order valence-electron chi connectivity index (χ2n) is 5.28. The van der Waals surface area contributed by atoms with E-state index in [9.17, 15) is 4.79 Å². The molecular weight excluding hydrogens is 276 g/mol. The van der Waals surface area contributed by atoms with Gasteiger partial charge in [-0.25, -0.2) is 4.68 Å². The molecule has 0 radical (unpaired) electrons. The Morgan fingerprint density at radius 2 is 1.95 bits per heavy atom. The number of nitrogens with two attached hydrogens (primary N) is 1. The summed E-state index contributed by atoms with van der Waals surface area (Å²) >= 11 is 0. The lowest BCUT2D eigenvalue weighted by molar-refractivity contribution is 0.100. The summed E-state index contributed by atoms with van der Waals surface area (Å²) in [7, 11) is 1.93. The fourth-order valence-electron chi connectivity index (χ4n) is 2.46. The molecule has 22 heavy (non-hydrogen) atoms. The quantitative estimate of drug-likeness (QED) is 0.776. The van der Waals surface area contributed by atoms with Crippen LogP contribution in [0.3, 0.4) is 0 Å². The third-order valence-corrected chi connectivity index (χ3v) is 3.89. The molecule has 3 N–H and O–H groups in total. The van der Waals surface area contributed by atoms with E-state index in [1.807, 2.05) is 37.5 Å². The lowest BCUT2D eigenvalue weighted by Crippen LogP contribution is -2.12. The lowest BCUT2D eigenvalue weighted by atomic mass is 10.1. The lowest BCUT2D eigenvalue weighted by Gasteiger charge is -2.11. The van der Waals surface area contributed by atoms with Gasteiger partial charge in [-0.2, -0.15) is 5.10 Å². The van der Waals surface area contributed by atoms with Crippen LogP contribution in [0.4, 0.5) is 0 Å². The fraction of sp³-hybridized carbons (Fsp3) is 0.176. The van der Waals surface area contributed by atoms with Crippen LogP contribution in [0, 0.1) is 0 Å². The summed E-state index contributed by atoms with van der Waals surface area (Å²) in [5.74, 6) is -0.464. The first-order valence-corrected chi connectivity index (χ1v) is 7.16. The molecule has 1 aromatic heterocycles. The summed E-state index contributed by atoms with van der Waals surface area (Å²) < 4.78 is 1.77. The van der Waals surface area contributed by atoms with Gasteiger partial charge in [0.05, 0.1) is 11.3 Å². The Morgan fingerprint density at radius 1 is 1.23 bits per heavy atom. The number of hydrogen-bond donors (Lipinski definition) is 2. The molecule has 2 aromatic carbocycles. The summed E-state index contributed by atoms with van der Waals surface area (Å²) in [6, 6.07) is 13.9. The minimum atomic E-state index is -0.464. The molecule has 0 aliphatic heterocycles. The van der Waals surface area contributed by atoms with Gasteiger partial charge in [-0.3, -0.25) is 4.79 Å². The van der Waals surface area contributed by atoms with Crippen LogP contribution in [0.2, 0.25) is 0 Å². The molecule has 1 amide bonds. The van der Waals surface area contributed by atoms with E-state index in [1.165, 1.54) is 5.56 Å². The van der Waals surface area contributed by atoms with Crippen molar-refractivity contribution in [2.24, 2.45) is 5.73 Å². The van der Waals surface area contributed by atoms with E-state index >= 15 is 0 Å². The van der Waals surface area contributed by atoms with Crippen LogP contribution in [0.5, 0.6) is 0 Å². The molecule has 0 aliphatic carbocycles. The van der Waals surface area contributed by atoms with Crippen molar-refractivity contribution in [3.05, 3.63) is 59.8 Å². The van der Waals surface area contributed by atoms with E-state index in [1.54, 1.807) is 10.7 Å². The number of carbonyl (C=O) groups is 1. The van der Waals surface area contributed by atoms with Crippen molar-refractivity contribution in [3.8, 4) is 5.69 Å². The molecule has 0 fully saturated rings. The fourth-order valence-corrected chi connectivity index (χ4v) is 2.46. The monoisotopic (exact) mass is 294 g/mol. The molecule has 0 bridgehead atoms. The Kier molecular flexibility index (Phi) is 3.65. The zero-order valence-corrected chi connectivity index (χ0v) is 12.6. The molecular formula is C17H18N4O. The van der Waals surface area contributed by atoms with Crippen molar-refractivity contribution in [1.82, 2.24) is 15.1 Å². The Labute approximate surface area is 128 Å². The van der Waals surface area contributed by atoms with Gasteiger partial charge in [-0.15, -0.1) is 0 Å². The molecule has 0 spiro atoms. The van der Waals surface area contributed by atoms with Gasteiger partial charge in [0.2, 0.25) is 0 Å². The molecule has 0 aliphatic rings. The van der Waals surface area contributed by atoms with Gasteiger partial charge >= 0.3 is 0 Å². The molecule has 5 heteroatoms. The molecule has 1 atom stereocenters. The number of nitrogens with one attached hydrogen (secondary N) is 1. The first-order valence-electron chi connectivity index (χ1n) is 7.16. The number of carbonyl (C=O) groups excluding carboxylic acids is 1. The third-order valence-electron chi connectivity index (χ3n) is 3.89. The smallest absolute Gasteiger partial charge is 0.250 e. The average Bonchev–Trinajstić information content (AvgIpc) is 2.98. The van der Waals surface area contributed by atoms with Crippen LogP contribution in [-0.4, -0.2) is 22.7 Å². The van der Waals surface area contributed by atoms with Crippen LogP contribution in [0.25, 0.3) is 16.6 Å². The standard InChI is InChI=1S/C17H18N4O/c1-11(19-2)12-6-8-14(9-7-12)21-10-13-4-3-5-15(17(18)22)16(13)20-21/h3-11,19H,1-2H3,(H2,18,22)/t11-/m1/s1. The molecule has 5 nitrogen and oxygen atoms in total. The van der Waals surface area contributed by atoms with Crippen LogP contribution in [-0.2, 0) is 0 Å². The molecule has 112 valence electrons. The number of hydrogen-bond acceptors (Lipinski definition) is 3. The van der Waals surface area contributed by atoms with Crippen LogP contribution in [0.15, 0.2) is 48.7 Å². The van der Waals surface area contributed by atoms with Gasteiger partial charge in [0, 0.05) is 17.6 Å². The van der Waals surface area contributed by atoms with Crippen molar-refractivity contribution in [3.63, 3.8) is 0 Å². The molecule has 3 aromatic rings. The maximum Gasteiger partial charge on any atom is 0.250 e. The van der Waals surface area contributed by atoms with Crippen LogP contribution in [0.1, 0.15) is 28.9 Å². The minimum Gasteiger partial charge on any atom is -0.366 e. The average molecular weight is 294 g/mol. The topological polar surface area (TPSA) is 72.9 Å². The number of nitrogens with zero attached hydrogens (tertiary/aromatic N) is 2. The van der Waals surface area contributed by atoms with Crippen molar-refractivity contribution in [2.75, 3.05) is 7.05 Å². The van der Waals surface area contributed by atoms with Gasteiger partial charge in [0.25, 0.3) is 5.91 Å². The van der Waals surface area contributed by atoms with Crippen LogP contribution >= 0.6 is 0 Å². The van der Waals surface area contributed by atoms with Crippen molar-refractivity contribution in [1.29, 1.82) is 0 Å². The van der Waals surface area contributed by atoms with Gasteiger partial charge in [0.15, 0.2) is 0 Å². The number of aromatic nitrogens is 2. The van der Waals surface area contributed by atoms with E-state index in [0.717, 1.165) is 11.1 Å². The number of benzene rings is 2. The summed E-state index contributed by atoms with van der Waals surface area (Å²) in [6.45, 7) is 2.11. The maximum absolute atomic E-state index is 11.5. The normalized spacial score (nSPS) is 12.5. The Hall–Kier alpha value is -2.66. The second-order valence-corrected chi connectivity index (χ2v) is 5.28. The zero-order chi connectivity index (χ0) is 15.7. The SMILES string of the molecule is CN[C@H](C)c1ccc(-n2cc3cccc(C(N)=O)c3n2)cc1. The summed E-state index contributed by atoms with van der Waals surface area (Å²) in [5.41, 5.74) is 8.62. The van der Waals surface area contributed by atoms with E-state index in [4.69, 9.17) is 5.73 Å². The molecule has 0 saturated heterocycles. The highest BCUT2D eigenvalue weighted by Gasteiger charge is 2.11. The molecule has 3 rings (SSSR count). The summed E-state index contributed by atoms with van der Waals surface area (Å²) in [4.78, 5) is 11.5.